The van der Waals surface area contributed by atoms with Gasteiger partial charge in [-0.15, -0.1) is 0 Å². The number of carboxylic acid groups (broad SMARTS) is 1. The minimum absolute atomic E-state index is 0. The first-order chi connectivity index (χ1) is 4.54. The van der Waals surface area contributed by atoms with Crippen LogP contribution >= 0.6 is 11.8 Å². The molecule has 0 spiro atoms. The maximum absolute atomic E-state index is 9.94. The number of aliphatic hydroxyl groups is 1. The van der Waals surface area contributed by atoms with Crippen molar-refractivity contribution in [2.75, 3.05) is 5.75 Å². The van der Waals surface area contributed by atoms with Crippen LogP contribution in [0.2, 0.25) is 0 Å². The Labute approximate surface area is 92.9 Å². The van der Waals surface area contributed by atoms with Crippen molar-refractivity contribution in [3.63, 3.8) is 0 Å². The first-order valence-electron chi connectivity index (χ1n) is 3.04. The molecule has 0 bridgehead atoms. The Morgan fingerprint density at radius 1 is 1.64 bits per heavy atom. The van der Waals surface area contributed by atoms with Crippen molar-refractivity contribution in [1.29, 1.82) is 0 Å². The molecule has 0 amide bonds. The Balaban J connectivity index is 0. The van der Waals surface area contributed by atoms with E-state index in [0.29, 0.717) is 5.25 Å². The average Bonchev–Trinajstić information content (AvgIpc) is 1.82. The van der Waals surface area contributed by atoms with Gasteiger partial charge in [-0.05, 0) is 5.25 Å². The SMILES string of the molecule is CC(C)SC[C@H](O)C(=O)[O-].[Na+]. The van der Waals surface area contributed by atoms with Crippen molar-refractivity contribution in [3.05, 3.63) is 0 Å². The standard InChI is InChI=1S/C6H12O3S.Na/c1-4(2)10-3-5(7)6(8)9;/h4-5,7H,3H2,1-2H3,(H,8,9);/q;+1/p-1/t5-;/m0./s1. The summed E-state index contributed by atoms with van der Waals surface area (Å²) in [7, 11) is 0. The molecule has 0 aliphatic carbocycles. The fourth-order valence-electron chi connectivity index (χ4n) is 0.352. The molecule has 0 heterocycles. The van der Waals surface area contributed by atoms with Gasteiger partial charge in [0.15, 0.2) is 0 Å². The summed E-state index contributed by atoms with van der Waals surface area (Å²) >= 11 is 1.40. The van der Waals surface area contributed by atoms with Crippen molar-refractivity contribution in [2.24, 2.45) is 0 Å². The van der Waals surface area contributed by atoms with Crippen LogP contribution in [0.1, 0.15) is 13.8 Å². The van der Waals surface area contributed by atoms with E-state index in [2.05, 4.69) is 0 Å². The molecular weight excluding hydrogens is 175 g/mol. The van der Waals surface area contributed by atoms with E-state index in [1.165, 1.54) is 11.8 Å². The van der Waals surface area contributed by atoms with Crippen LogP contribution in [-0.4, -0.2) is 28.2 Å². The predicted octanol–water partition coefficient (Wildman–Crippen LogP) is -3.76. The summed E-state index contributed by atoms with van der Waals surface area (Å²) in [5.74, 6) is -1.19. The molecule has 60 valence electrons. The number of carbonyl (C=O) groups excluding carboxylic acids is 1. The monoisotopic (exact) mass is 186 g/mol. The van der Waals surface area contributed by atoms with Crippen LogP contribution in [0.3, 0.4) is 0 Å². The van der Waals surface area contributed by atoms with Crippen molar-refractivity contribution in [2.45, 2.75) is 25.2 Å². The molecular formula is C6H11NaO3S. The van der Waals surface area contributed by atoms with Gasteiger partial charge in [-0.25, -0.2) is 0 Å². The smallest absolute Gasteiger partial charge is 0.547 e. The molecule has 0 rings (SSSR count). The molecule has 0 aliphatic rings. The number of hydrogen-bond acceptors (Lipinski definition) is 4. The van der Waals surface area contributed by atoms with Gasteiger partial charge in [0.1, 0.15) is 6.10 Å². The molecule has 0 aromatic rings. The summed E-state index contributed by atoms with van der Waals surface area (Å²) < 4.78 is 0. The van der Waals surface area contributed by atoms with E-state index >= 15 is 0 Å². The van der Waals surface area contributed by atoms with Gasteiger partial charge < -0.3 is 15.0 Å². The fourth-order valence-corrected chi connectivity index (χ4v) is 1.05. The third kappa shape index (κ3) is 8.69. The topological polar surface area (TPSA) is 60.4 Å². The van der Waals surface area contributed by atoms with Gasteiger partial charge in [0.25, 0.3) is 0 Å². The van der Waals surface area contributed by atoms with E-state index in [1.807, 2.05) is 13.8 Å². The number of thioether (sulfide) groups is 1. The van der Waals surface area contributed by atoms with Gasteiger partial charge in [0, 0.05) is 5.75 Å². The van der Waals surface area contributed by atoms with Gasteiger partial charge in [-0.1, -0.05) is 13.8 Å². The minimum atomic E-state index is -1.40. The van der Waals surface area contributed by atoms with Crippen LogP contribution in [0.4, 0.5) is 0 Å². The Morgan fingerprint density at radius 3 is 2.36 bits per heavy atom. The third-order valence-electron chi connectivity index (χ3n) is 0.860. The van der Waals surface area contributed by atoms with Crippen molar-refractivity contribution >= 4 is 17.7 Å². The molecule has 1 atom stereocenters. The summed E-state index contributed by atoms with van der Waals surface area (Å²) in [5.41, 5.74) is 0. The molecule has 0 aliphatic heterocycles. The Bertz CT molecular complexity index is 118. The van der Waals surface area contributed by atoms with Gasteiger partial charge >= 0.3 is 29.6 Å². The van der Waals surface area contributed by atoms with Crippen molar-refractivity contribution in [1.82, 2.24) is 0 Å². The van der Waals surface area contributed by atoms with Crippen LogP contribution < -0.4 is 34.7 Å². The Kier molecular flexibility index (Phi) is 9.67. The zero-order chi connectivity index (χ0) is 8.15. The quantitative estimate of drug-likeness (QED) is 0.458. The Morgan fingerprint density at radius 2 is 2.09 bits per heavy atom. The maximum atomic E-state index is 9.94. The van der Waals surface area contributed by atoms with Crippen LogP contribution in [0.15, 0.2) is 0 Å². The van der Waals surface area contributed by atoms with Gasteiger partial charge in [0.2, 0.25) is 0 Å². The van der Waals surface area contributed by atoms with Crippen molar-refractivity contribution in [3.8, 4) is 0 Å². The summed E-state index contributed by atoms with van der Waals surface area (Å²) in [4.78, 5) is 9.94. The molecule has 0 unspecified atom stereocenters. The molecule has 1 N–H and O–H groups in total. The molecule has 0 aromatic heterocycles. The van der Waals surface area contributed by atoms with E-state index in [0.717, 1.165) is 0 Å². The largest absolute Gasteiger partial charge is 1.00 e. The number of hydrogen-bond donors (Lipinski definition) is 1. The molecule has 3 nitrogen and oxygen atoms in total. The van der Waals surface area contributed by atoms with Crippen LogP contribution in [0.25, 0.3) is 0 Å². The molecule has 0 aromatic carbocycles. The fraction of sp³-hybridized carbons (Fsp3) is 0.833. The first-order valence-corrected chi connectivity index (χ1v) is 4.09. The molecule has 0 saturated heterocycles. The number of carboxylic acids is 1. The molecule has 5 heteroatoms. The first kappa shape index (κ1) is 14.3. The molecule has 0 saturated carbocycles. The van der Waals surface area contributed by atoms with E-state index in [4.69, 9.17) is 5.11 Å². The normalized spacial score (nSPS) is 12.4. The van der Waals surface area contributed by atoms with E-state index in [9.17, 15) is 9.90 Å². The van der Waals surface area contributed by atoms with Crippen LogP contribution in [0.5, 0.6) is 0 Å². The summed E-state index contributed by atoms with van der Waals surface area (Å²) in [6.07, 6.45) is -1.33. The van der Waals surface area contributed by atoms with E-state index in [-0.39, 0.29) is 35.3 Å². The second-order valence-corrected chi connectivity index (χ2v) is 3.83. The summed E-state index contributed by atoms with van der Waals surface area (Å²) in [6, 6.07) is 0. The molecule has 0 fully saturated rings. The zero-order valence-corrected chi connectivity index (χ0v) is 9.85. The van der Waals surface area contributed by atoms with E-state index < -0.39 is 12.1 Å². The van der Waals surface area contributed by atoms with Gasteiger partial charge in [-0.3, -0.25) is 0 Å². The summed E-state index contributed by atoms with van der Waals surface area (Å²) in [6.45, 7) is 3.87. The second-order valence-electron chi connectivity index (χ2n) is 2.22. The number of rotatable bonds is 4. The second kappa shape index (κ2) is 7.43. The van der Waals surface area contributed by atoms with Crippen molar-refractivity contribution < 1.29 is 44.6 Å². The third-order valence-corrected chi connectivity index (χ3v) is 2.03. The number of carbonyl (C=O) groups is 1. The van der Waals surface area contributed by atoms with Crippen LogP contribution in [0, 0.1) is 0 Å². The zero-order valence-electron chi connectivity index (χ0n) is 7.03. The van der Waals surface area contributed by atoms with Crippen LogP contribution in [-0.2, 0) is 4.79 Å². The van der Waals surface area contributed by atoms with Gasteiger partial charge in [0.05, 0.1) is 5.97 Å². The van der Waals surface area contributed by atoms with Gasteiger partial charge in [-0.2, -0.15) is 11.8 Å². The Hall–Kier alpha value is 0.780. The number of aliphatic hydroxyl groups excluding tert-OH is 1. The summed E-state index contributed by atoms with van der Waals surface area (Å²) in [5, 5.41) is 19.0. The number of aliphatic carboxylic acids is 1. The maximum Gasteiger partial charge on any atom is 1.00 e. The minimum Gasteiger partial charge on any atom is -0.547 e. The predicted molar refractivity (Wildman–Crippen MR) is 38.6 cm³/mol. The molecule has 0 radical (unpaired) electrons. The van der Waals surface area contributed by atoms with E-state index in [1.54, 1.807) is 0 Å². The molecule has 11 heavy (non-hydrogen) atoms. The average molecular weight is 186 g/mol.